The van der Waals surface area contributed by atoms with Gasteiger partial charge in [0.05, 0.1) is 0 Å². The highest BCUT2D eigenvalue weighted by Crippen LogP contribution is 2.20. The van der Waals surface area contributed by atoms with Crippen molar-refractivity contribution in [1.82, 2.24) is 0 Å². The average molecular weight is 249 g/mol. The van der Waals surface area contributed by atoms with Gasteiger partial charge in [0.1, 0.15) is 0 Å². The Hall–Kier alpha value is -1.16. The van der Waals surface area contributed by atoms with Crippen molar-refractivity contribution in [3.8, 4) is 0 Å². The number of carbonyl (C=O) groups is 1. The Labute approximate surface area is 96.8 Å². The number of aliphatic carboxylic acids is 1. The molecule has 2 nitrogen and oxygen atoms in total. The van der Waals surface area contributed by atoms with Crippen LogP contribution < -0.4 is 0 Å². The van der Waals surface area contributed by atoms with Gasteiger partial charge in [-0.05, 0) is 37.0 Å². The third-order valence-electron chi connectivity index (χ3n) is 2.16. The van der Waals surface area contributed by atoms with Crippen LogP contribution in [0.2, 0.25) is 5.02 Å². The van der Waals surface area contributed by atoms with E-state index in [9.17, 15) is 13.6 Å². The molecule has 1 aromatic carbocycles. The van der Waals surface area contributed by atoms with Gasteiger partial charge in [0.25, 0.3) is 0 Å². The van der Waals surface area contributed by atoms with Crippen molar-refractivity contribution in [2.75, 3.05) is 0 Å². The molecule has 0 atom stereocenters. The first kappa shape index (κ1) is 12.9. The smallest absolute Gasteiger partial charge is 0.303 e. The van der Waals surface area contributed by atoms with Crippen molar-refractivity contribution in [1.29, 1.82) is 0 Å². The quantitative estimate of drug-likeness (QED) is 0.640. The van der Waals surface area contributed by atoms with E-state index in [0.29, 0.717) is 12.8 Å². The fraction of sp³-hybridized carbons (Fsp3) is 0.364. The van der Waals surface area contributed by atoms with E-state index in [4.69, 9.17) is 16.7 Å². The van der Waals surface area contributed by atoms with E-state index < -0.39 is 17.6 Å². The molecule has 0 saturated heterocycles. The van der Waals surface area contributed by atoms with Crippen molar-refractivity contribution in [3.63, 3.8) is 0 Å². The second kappa shape index (κ2) is 5.80. The molecule has 0 saturated carbocycles. The summed E-state index contributed by atoms with van der Waals surface area (Å²) in [6, 6.07) is 2.28. The minimum Gasteiger partial charge on any atom is -0.481 e. The van der Waals surface area contributed by atoms with E-state index in [-0.39, 0.29) is 23.4 Å². The Kier molecular flexibility index (Phi) is 4.68. The third-order valence-corrected chi connectivity index (χ3v) is 2.37. The summed E-state index contributed by atoms with van der Waals surface area (Å²) < 4.78 is 26.1. The molecule has 1 aromatic rings. The number of hydrogen-bond donors (Lipinski definition) is 1. The van der Waals surface area contributed by atoms with Gasteiger partial charge in [0.15, 0.2) is 11.6 Å². The summed E-state index contributed by atoms with van der Waals surface area (Å²) in [6.45, 7) is 0. The normalized spacial score (nSPS) is 10.4. The summed E-state index contributed by atoms with van der Waals surface area (Å²) in [7, 11) is 0. The standard InChI is InChI=1S/C11H11ClF2O2/c12-8-5-7(11(14)9(13)6-8)3-1-2-4-10(15)16/h5-6H,1-4H2,(H,15,16). The summed E-state index contributed by atoms with van der Waals surface area (Å²) in [4.78, 5) is 10.2. The minimum absolute atomic E-state index is 0.0324. The molecule has 0 heterocycles. The number of carboxylic acid groups (broad SMARTS) is 1. The lowest BCUT2D eigenvalue weighted by Gasteiger charge is -2.04. The topological polar surface area (TPSA) is 37.3 Å². The number of unbranched alkanes of at least 4 members (excludes halogenated alkanes) is 1. The van der Waals surface area contributed by atoms with Gasteiger partial charge in [-0.1, -0.05) is 11.6 Å². The van der Waals surface area contributed by atoms with Crippen molar-refractivity contribution in [2.45, 2.75) is 25.7 Å². The molecule has 0 aliphatic heterocycles. The van der Waals surface area contributed by atoms with E-state index in [1.54, 1.807) is 0 Å². The second-order valence-electron chi connectivity index (χ2n) is 3.46. The Morgan fingerprint density at radius 1 is 1.31 bits per heavy atom. The molecule has 1 N–H and O–H groups in total. The average Bonchev–Trinajstić information content (AvgIpc) is 2.19. The molecule has 0 aliphatic rings. The van der Waals surface area contributed by atoms with Crippen LogP contribution >= 0.6 is 11.6 Å². The van der Waals surface area contributed by atoms with Gasteiger partial charge in [-0.25, -0.2) is 8.78 Å². The number of hydrogen-bond acceptors (Lipinski definition) is 1. The van der Waals surface area contributed by atoms with Crippen LogP contribution in [0.3, 0.4) is 0 Å². The van der Waals surface area contributed by atoms with E-state index >= 15 is 0 Å². The SMILES string of the molecule is O=C(O)CCCCc1cc(Cl)cc(F)c1F. The van der Waals surface area contributed by atoms with E-state index in [1.807, 2.05) is 0 Å². The Morgan fingerprint density at radius 3 is 2.62 bits per heavy atom. The number of rotatable bonds is 5. The van der Waals surface area contributed by atoms with Gasteiger partial charge in [0, 0.05) is 11.4 Å². The second-order valence-corrected chi connectivity index (χ2v) is 3.90. The molecule has 0 spiro atoms. The molecule has 0 bridgehead atoms. The summed E-state index contributed by atoms with van der Waals surface area (Å²) in [5, 5.41) is 8.54. The Balaban J connectivity index is 2.57. The monoisotopic (exact) mass is 248 g/mol. The molecular formula is C11H11ClF2O2. The molecule has 5 heteroatoms. The van der Waals surface area contributed by atoms with Gasteiger partial charge in [-0.3, -0.25) is 4.79 Å². The first-order valence-corrected chi connectivity index (χ1v) is 5.23. The maximum Gasteiger partial charge on any atom is 0.303 e. The zero-order valence-electron chi connectivity index (χ0n) is 8.47. The highest BCUT2D eigenvalue weighted by atomic mass is 35.5. The van der Waals surface area contributed by atoms with Crippen LogP contribution in [0.4, 0.5) is 8.78 Å². The van der Waals surface area contributed by atoms with Crippen LogP contribution in [0, 0.1) is 11.6 Å². The van der Waals surface area contributed by atoms with Crippen LogP contribution in [-0.4, -0.2) is 11.1 Å². The largest absolute Gasteiger partial charge is 0.481 e. The number of aryl methyl sites for hydroxylation is 1. The fourth-order valence-corrected chi connectivity index (χ4v) is 1.61. The van der Waals surface area contributed by atoms with Crippen molar-refractivity contribution in [2.24, 2.45) is 0 Å². The van der Waals surface area contributed by atoms with E-state index in [0.717, 1.165) is 6.07 Å². The highest BCUT2D eigenvalue weighted by Gasteiger charge is 2.10. The first-order chi connectivity index (χ1) is 7.50. The van der Waals surface area contributed by atoms with Gasteiger partial charge < -0.3 is 5.11 Å². The number of benzene rings is 1. The molecule has 0 radical (unpaired) electrons. The predicted octanol–water partition coefficient (Wildman–Crippen LogP) is 3.42. The van der Waals surface area contributed by atoms with Crippen LogP contribution in [-0.2, 0) is 11.2 Å². The highest BCUT2D eigenvalue weighted by molar-refractivity contribution is 6.30. The molecule has 0 aromatic heterocycles. The fourth-order valence-electron chi connectivity index (χ4n) is 1.38. The molecule has 0 aliphatic carbocycles. The molecular weight excluding hydrogens is 238 g/mol. The molecule has 1 rings (SSSR count). The maximum absolute atomic E-state index is 13.2. The van der Waals surface area contributed by atoms with Gasteiger partial charge in [-0.2, -0.15) is 0 Å². The van der Waals surface area contributed by atoms with E-state index in [2.05, 4.69) is 0 Å². The lowest BCUT2D eigenvalue weighted by atomic mass is 10.1. The van der Waals surface area contributed by atoms with Crippen molar-refractivity contribution >= 4 is 17.6 Å². The number of carboxylic acids is 1. The van der Waals surface area contributed by atoms with Gasteiger partial charge in [-0.15, -0.1) is 0 Å². The van der Waals surface area contributed by atoms with Crippen molar-refractivity contribution < 1.29 is 18.7 Å². The van der Waals surface area contributed by atoms with Crippen LogP contribution in [0.1, 0.15) is 24.8 Å². The summed E-state index contributed by atoms with van der Waals surface area (Å²) >= 11 is 5.58. The zero-order chi connectivity index (χ0) is 12.1. The van der Waals surface area contributed by atoms with Gasteiger partial charge >= 0.3 is 5.97 Å². The van der Waals surface area contributed by atoms with Crippen LogP contribution in [0.5, 0.6) is 0 Å². The first-order valence-electron chi connectivity index (χ1n) is 4.86. The maximum atomic E-state index is 13.2. The summed E-state index contributed by atoms with van der Waals surface area (Å²) in [6.07, 6.45) is 1.24. The van der Waals surface area contributed by atoms with Crippen molar-refractivity contribution in [3.05, 3.63) is 34.4 Å². The summed E-state index contributed by atoms with van der Waals surface area (Å²) in [5.41, 5.74) is 0.190. The minimum atomic E-state index is -0.972. The zero-order valence-corrected chi connectivity index (χ0v) is 9.23. The lowest BCUT2D eigenvalue weighted by Crippen LogP contribution is -1.98. The third kappa shape index (κ3) is 3.77. The molecule has 0 amide bonds. The Morgan fingerprint density at radius 2 is 2.00 bits per heavy atom. The lowest BCUT2D eigenvalue weighted by molar-refractivity contribution is -0.137. The molecule has 0 fully saturated rings. The van der Waals surface area contributed by atoms with Crippen LogP contribution in [0.25, 0.3) is 0 Å². The summed E-state index contributed by atoms with van der Waals surface area (Å²) in [5.74, 6) is -2.77. The van der Waals surface area contributed by atoms with Crippen LogP contribution in [0.15, 0.2) is 12.1 Å². The molecule has 88 valence electrons. The van der Waals surface area contributed by atoms with Gasteiger partial charge in [0.2, 0.25) is 0 Å². The molecule has 16 heavy (non-hydrogen) atoms. The molecule has 0 unspecified atom stereocenters. The Bertz CT molecular complexity index is 394. The predicted molar refractivity (Wildman–Crippen MR) is 56.6 cm³/mol. The van der Waals surface area contributed by atoms with E-state index in [1.165, 1.54) is 6.07 Å². The number of halogens is 3.